The highest BCUT2D eigenvalue weighted by Crippen LogP contribution is 2.20. The number of nitrogens with one attached hydrogen (secondary N) is 1. The molecule has 5 heteroatoms. The number of nitrogens with zero attached hydrogens (tertiary/aromatic N) is 1. The number of benzene rings is 1. The lowest BCUT2D eigenvalue weighted by atomic mass is 10.3. The molecule has 2 aromatic rings. The monoisotopic (exact) mass is 247 g/mol. The highest BCUT2D eigenvalue weighted by Gasteiger charge is 2.04. The van der Waals surface area contributed by atoms with Gasteiger partial charge in [0.1, 0.15) is 11.6 Å². The number of rotatable bonds is 3. The molecule has 17 heavy (non-hydrogen) atoms. The van der Waals surface area contributed by atoms with Crippen LogP contribution in [0.3, 0.4) is 0 Å². The van der Waals surface area contributed by atoms with Crippen molar-refractivity contribution in [2.45, 2.75) is 17.6 Å². The van der Waals surface area contributed by atoms with Crippen molar-refractivity contribution in [1.82, 2.24) is 9.97 Å². The van der Waals surface area contributed by atoms with Crippen molar-refractivity contribution in [3.05, 3.63) is 52.1 Å². The molecule has 4 nitrogen and oxygen atoms in total. The molecule has 1 aromatic heterocycles. The van der Waals surface area contributed by atoms with Crippen LogP contribution >= 0.6 is 11.8 Å². The summed E-state index contributed by atoms with van der Waals surface area (Å²) >= 11 is 1.61. The van der Waals surface area contributed by atoms with Crippen LogP contribution < -0.4 is 11.3 Å². The minimum Gasteiger partial charge on any atom is -0.383 e. The highest BCUT2D eigenvalue weighted by atomic mass is 32.2. The Hall–Kier alpha value is -1.75. The second kappa shape index (κ2) is 5.05. The second-order valence-electron chi connectivity index (χ2n) is 3.62. The van der Waals surface area contributed by atoms with Crippen LogP contribution in [0, 0.1) is 6.92 Å². The summed E-state index contributed by atoms with van der Waals surface area (Å²) in [5.41, 5.74) is 5.96. The van der Waals surface area contributed by atoms with Crippen LogP contribution in [0.1, 0.15) is 11.4 Å². The van der Waals surface area contributed by atoms with Gasteiger partial charge in [-0.3, -0.25) is 4.79 Å². The zero-order chi connectivity index (χ0) is 12.3. The summed E-state index contributed by atoms with van der Waals surface area (Å²) in [6.07, 6.45) is 0. The zero-order valence-electron chi connectivity index (χ0n) is 9.43. The predicted molar refractivity (Wildman–Crippen MR) is 70.0 cm³/mol. The molecule has 0 saturated carbocycles. The molecule has 0 amide bonds. The summed E-state index contributed by atoms with van der Waals surface area (Å²) in [6, 6.07) is 9.94. The van der Waals surface area contributed by atoms with Gasteiger partial charge in [-0.2, -0.15) is 0 Å². The van der Waals surface area contributed by atoms with E-state index in [4.69, 9.17) is 5.73 Å². The Morgan fingerprint density at radius 3 is 2.71 bits per heavy atom. The number of thioether (sulfide) groups is 1. The number of hydrogen-bond acceptors (Lipinski definition) is 4. The number of aromatic nitrogens is 2. The van der Waals surface area contributed by atoms with Crippen molar-refractivity contribution in [1.29, 1.82) is 0 Å². The van der Waals surface area contributed by atoms with Crippen molar-refractivity contribution in [2.24, 2.45) is 0 Å². The maximum Gasteiger partial charge on any atom is 0.255 e. The van der Waals surface area contributed by atoms with Crippen LogP contribution in [-0.4, -0.2) is 9.97 Å². The van der Waals surface area contributed by atoms with Crippen LogP contribution in [0.2, 0.25) is 0 Å². The Morgan fingerprint density at radius 1 is 1.35 bits per heavy atom. The van der Waals surface area contributed by atoms with E-state index in [2.05, 4.69) is 9.97 Å². The van der Waals surface area contributed by atoms with Crippen molar-refractivity contribution >= 4 is 17.6 Å². The zero-order valence-corrected chi connectivity index (χ0v) is 10.3. The lowest BCUT2D eigenvalue weighted by Gasteiger charge is -2.03. The molecule has 1 heterocycles. The van der Waals surface area contributed by atoms with Gasteiger partial charge in [-0.1, -0.05) is 18.2 Å². The summed E-state index contributed by atoms with van der Waals surface area (Å²) in [7, 11) is 0. The number of hydrogen-bond donors (Lipinski definition) is 2. The number of anilines is 1. The smallest absolute Gasteiger partial charge is 0.255 e. The van der Waals surface area contributed by atoms with Gasteiger partial charge >= 0.3 is 0 Å². The highest BCUT2D eigenvalue weighted by molar-refractivity contribution is 7.98. The molecule has 0 aliphatic heterocycles. The Morgan fingerprint density at radius 2 is 2.06 bits per heavy atom. The van der Waals surface area contributed by atoms with Gasteiger partial charge in [0.25, 0.3) is 5.56 Å². The standard InChI is InChI=1S/C12H13N3OS/c1-8-11(13)14-10(15-12(8)16)7-17-9-5-3-2-4-6-9/h2-6H,7H2,1H3,(H3,13,14,15,16). The third kappa shape index (κ3) is 2.88. The summed E-state index contributed by atoms with van der Waals surface area (Å²) < 4.78 is 0. The first-order valence-corrected chi connectivity index (χ1v) is 6.18. The van der Waals surface area contributed by atoms with Gasteiger partial charge in [-0.15, -0.1) is 11.8 Å². The molecular formula is C12H13N3OS. The molecule has 0 bridgehead atoms. The predicted octanol–water partition coefficient (Wildman–Crippen LogP) is 1.95. The number of aromatic amines is 1. The summed E-state index contributed by atoms with van der Waals surface area (Å²) in [6.45, 7) is 1.66. The van der Waals surface area contributed by atoms with Crippen molar-refractivity contribution in [3.8, 4) is 0 Å². The third-order valence-electron chi connectivity index (χ3n) is 2.36. The maximum absolute atomic E-state index is 11.5. The Labute approximate surface area is 103 Å². The van der Waals surface area contributed by atoms with Gasteiger partial charge in [0.2, 0.25) is 0 Å². The first-order valence-electron chi connectivity index (χ1n) is 5.20. The lowest BCUT2D eigenvalue weighted by molar-refractivity contribution is 0.988. The van der Waals surface area contributed by atoms with E-state index >= 15 is 0 Å². The van der Waals surface area contributed by atoms with E-state index in [0.717, 1.165) is 4.90 Å². The summed E-state index contributed by atoms with van der Waals surface area (Å²) in [4.78, 5) is 19.5. The largest absolute Gasteiger partial charge is 0.383 e. The average molecular weight is 247 g/mol. The third-order valence-corrected chi connectivity index (χ3v) is 3.38. The van der Waals surface area contributed by atoms with E-state index in [9.17, 15) is 4.79 Å². The van der Waals surface area contributed by atoms with Crippen LogP contribution in [0.25, 0.3) is 0 Å². The van der Waals surface area contributed by atoms with E-state index in [-0.39, 0.29) is 5.56 Å². The molecule has 0 aliphatic carbocycles. The molecule has 0 radical (unpaired) electrons. The van der Waals surface area contributed by atoms with Crippen molar-refractivity contribution in [3.63, 3.8) is 0 Å². The Kier molecular flexibility index (Phi) is 3.49. The normalized spacial score (nSPS) is 10.4. The van der Waals surface area contributed by atoms with Crippen molar-refractivity contribution in [2.75, 3.05) is 5.73 Å². The lowest BCUT2D eigenvalue weighted by Crippen LogP contribution is -2.16. The molecule has 0 unspecified atom stereocenters. The minimum atomic E-state index is -0.166. The molecule has 88 valence electrons. The minimum absolute atomic E-state index is 0.166. The number of nitrogen functional groups attached to an aromatic ring is 1. The van der Waals surface area contributed by atoms with E-state index < -0.39 is 0 Å². The fraction of sp³-hybridized carbons (Fsp3) is 0.167. The maximum atomic E-state index is 11.5. The topological polar surface area (TPSA) is 71.8 Å². The molecule has 0 atom stereocenters. The molecule has 0 aliphatic rings. The summed E-state index contributed by atoms with van der Waals surface area (Å²) in [5, 5.41) is 0. The first kappa shape index (κ1) is 11.7. The molecule has 0 spiro atoms. The van der Waals surface area contributed by atoms with Gasteiger partial charge in [0.05, 0.1) is 11.3 Å². The van der Waals surface area contributed by atoms with Crippen LogP contribution in [0.15, 0.2) is 40.0 Å². The van der Waals surface area contributed by atoms with Gasteiger partial charge in [-0.25, -0.2) is 4.98 Å². The van der Waals surface area contributed by atoms with E-state index in [1.165, 1.54) is 0 Å². The van der Waals surface area contributed by atoms with Gasteiger partial charge in [0, 0.05) is 4.90 Å². The average Bonchev–Trinajstić information content (AvgIpc) is 2.34. The van der Waals surface area contributed by atoms with Crippen LogP contribution in [0.5, 0.6) is 0 Å². The molecule has 0 fully saturated rings. The summed E-state index contributed by atoms with van der Waals surface area (Å²) in [5.74, 6) is 1.51. The van der Waals surface area contributed by atoms with E-state index in [1.807, 2.05) is 30.3 Å². The van der Waals surface area contributed by atoms with E-state index in [1.54, 1.807) is 18.7 Å². The van der Waals surface area contributed by atoms with Crippen LogP contribution in [-0.2, 0) is 5.75 Å². The quantitative estimate of drug-likeness (QED) is 0.813. The number of H-pyrrole nitrogens is 1. The SMILES string of the molecule is Cc1c(N)nc(CSc2ccccc2)[nH]c1=O. The Balaban J connectivity index is 2.13. The van der Waals surface area contributed by atoms with Gasteiger partial charge in [0.15, 0.2) is 0 Å². The molecule has 0 saturated heterocycles. The van der Waals surface area contributed by atoms with Crippen molar-refractivity contribution < 1.29 is 0 Å². The van der Waals surface area contributed by atoms with Gasteiger partial charge in [-0.05, 0) is 19.1 Å². The Bertz CT molecular complexity index is 566. The molecule has 2 rings (SSSR count). The number of nitrogens with two attached hydrogens (primary N) is 1. The first-order chi connectivity index (χ1) is 8.16. The fourth-order valence-corrected chi connectivity index (χ4v) is 2.12. The van der Waals surface area contributed by atoms with E-state index in [0.29, 0.717) is 23.0 Å². The molecule has 3 N–H and O–H groups in total. The molecule has 1 aromatic carbocycles. The van der Waals surface area contributed by atoms with Gasteiger partial charge < -0.3 is 10.7 Å². The second-order valence-corrected chi connectivity index (χ2v) is 4.67. The van der Waals surface area contributed by atoms with Crippen LogP contribution in [0.4, 0.5) is 5.82 Å². The fourth-order valence-electron chi connectivity index (χ4n) is 1.34. The molecular weight excluding hydrogens is 234 g/mol.